The fourth-order valence-corrected chi connectivity index (χ4v) is 3.20. The Morgan fingerprint density at radius 3 is 2.90 bits per heavy atom. The molecule has 21 heavy (non-hydrogen) atoms. The molecule has 3 rings (SSSR count). The Hall–Kier alpha value is -1.45. The molecule has 0 saturated carbocycles. The summed E-state index contributed by atoms with van der Waals surface area (Å²) in [5, 5.41) is 0. The Morgan fingerprint density at radius 1 is 1.19 bits per heavy atom. The van der Waals surface area contributed by atoms with Crippen LogP contribution in [0.5, 0.6) is 0 Å². The van der Waals surface area contributed by atoms with Crippen LogP contribution in [0.1, 0.15) is 40.4 Å². The topological polar surface area (TPSA) is 26.3 Å². The highest BCUT2D eigenvalue weighted by atomic mass is 79.9. The summed E-state index contributed by atoms with van der Waals surface area (Å²) >= 11 is 3.39. The maximum atomic E-state index is 12.2. The van der Waals surface area contributed by atoms with Gasteiger partial charge in [0.15, 0.2) is 5.78 Å². The van der Waals surface area contributed by atoms with E-state index in [9.17, 15) is 4.79 Å². The molecule has 2 nitrogen and oxygen atoms in total. The van der Waals surface area contributed by atoms with Crippen LogP contribution in [-0.2, 0) is 11.2 Å². The lowest BCUT2D eigenvalue weighted by molar-refractivity contribution is 0.0372. The molecule has 1 aliphatic rings. The Bertz CT molecular complexity index is 651. The first kappa shape index (κ1) is 14.5. The van der Waals surface area contributed by atoms with Crippen molar-refractivity contribution in [1.29, 1.82) is 0 Å². The van der Waals surface area contributed by atoms with Crippen LogP contribution in [0.3, 0.4) is 0 Å². The number of aryl methyl sites for hydroxylation is 1. The molecule has 0 saturated heterocycles. The van der Waals surface area contributed by atoms with Gasteiger partial charge in [0.25, 0.3) is 0 Å². The van der Waals surface area contributed by atoms with Gasteiger partial charge in [0.1, 0.15) is 6.61 Å². The summed E-state index contributed by atoms with van der Waals surface area (Å²) < 4.78 is 6.81. The molecule has 108 valence electrons. The Labute approximate surface area is 133 Å². The van der Waals surface area contributed by atoms with Crippen molar-refractivity contribution in [2.45, 2.75) is 25.4 Å². The predicted octanol–water partition coefficient (Wildman–Crippen LogP) is 4.73. The van der Waals surface area contributed by atoms with E-state index in [1.807, 2.05) is 30.3 Å². The zero-order chi connectivity index (χ0) is 14.7. The summed E-state index contributed by atoms with van der Waals surface area (Å²) in [5.41, 5.74) is 3.28. The minimum absolute atomic E-state index is 0.0272. The first-order valence-corrected chi connectivity index (χ1v) is 8.01. The van der Waals surface area contributed by atoms with Crippen LogP contribution in [0.25, 0.3) is 0 Å². The quantitative estimate of drug-likeness (QED) is 0.749. The molecule has 0 aromatic heterocycles. The van der Waals surface area contributed by atoms with Crippen LogP contribution in [0.2, 0.25) is 0 Å². The molecule has 1 unspecified atom stereocenters. The fourth-order valence-electron chi connectivity index (χ4n) is 2.80. The van der Waals surface area contributed by atoms with Crippen molar-refractivity contribution in [3.05, 3.63) is 69.7 Å². The maximum absolute atomic E-state index is 12.2. The standard InChI is InChI=1S/C18H17BrO2/c19-15-8-3-7-14(11-15)17(20)12-21-18-10-4-6-13-5-1-2-9-16(13)18/h1-3,5,7-9,11,18H,4,6,10,12H2. The number of halogens is 1. The van der Waals surface area contributed by atoms with Gasteiger partial charge in [-0.05, 0) is 42.5 Å². The van der Waals surface area contributed by atoms with Gasteiger partial charge in [-0.25, -0.2) is 0 Å². The summed E-state index contributed by atoms with van der Waals surface area (Å²) in [6.45, 7) is 0.134. The fraction of sp³-hybridized carbons (Fsp3) is 0.278. The summed E-state index contributed by atoms with van der Waals surface area (Å²) in [5.74, 6) is 0.0272. The number of ketones is 1. The van der Waals surface area contributed by atoms with Crippen LogP contribution < -0.4 is 0 Å². The number of hydrogen-bond donors (Lipinski definition) is 0. The van der Waals surface area contributed by atoms with Crippen LogP contribution in [-0.4, -0.2) is 12.4 Å². The third-order valence-electron chi connectivity index (χ3n) is 3.88. The molecule has 0 amide bonds. The van der Waals surface area contributed by atoms with Gasteiger partial charge in [-0.3, -0.25) is 4.79 Å². The summed E-state index contributed by atoms with van der Waals surface area (Å²) in [7, 11) is 0. The lowest BCUT2D eigenvalue weighted by atomic mass is 9.89. The van der Waals surface area contributed by atoms with Crippen molar-refractivity contribution >= 4 is 21.7 Å². The minimum atomic E-state index is 0.0272. The normalized spacial score (nSPS) is 17.3. The third-order valence-corrected chi connectivity index (χ3v) is 4.37. The van der Waals surface area contributed by atoms with Crippen LogP contribution in [0.15, 0.2) is 53.0 Å². The van der Waals surface area contributed by atoms with Crippen molar-refractivity contribution in [2.24, 2.45) is 0 Å². The Balaban J connectivity index is 1.67. The van der Waals surface area contributed by atoms with Crippen molar-refractivity contribution in [3.8, 4) is 0 Å². The number of ether oxygens (including phenoxy) is 1. The van der Waals surface area contributed by atoms with Crippen molar-refractivity contribution in [1.82, 2.24) is 0 Å². The van der Waals surface area contributed by atoms with E-state index in [2.05, 4.69) is 34.1 Å². The van der Waals surface area contributed by atoms with Gasteiger partial charge >= 0.3 is 0 Å². The number of hydrogen-bond acceptors (Lipinski definition) is 2. The van der Waals surface area contributed by atoms with Gasteiger partial charge in [0.2, 0.25) is 0 Å². The smallest absolute Gasteiger partial charge is 0.188 e. The number of fused-ring (bicyclic) bond motifs is 1. The molecule has 2 aromatic rings. The summed E-state index contributed by atoms with van der Waals surface area (Å²) in [4.78, 5) is 12.2. The molecule has 0 bridgehead atoms. The second kappa shape index (κ2) is 6.54. The molecule has 0 aliphatic heterocycles. The summed E-state index contributed by atoms with van der Waals surface area (Å²) in [6.07, 6.45) is 3.26. The minimum Gasteiger partial charge on any atom is -0.365 e. The Morgan fingerprint density at radius 2 is 2.05 bits per heavy atom. The number of benzene rings is 2. The van der Waals surface area contributed by atoms with E-state index in [-0.39, 0.29) is 18.5 Å². The molecule has 2 aromatic carbocycles. The van der Waals surface area contributed by atoms with E-state index in [0.29, 0.717) is 5.56 Å². The highest BCUT2D eigenvalue weighted by Gasteiger charge is 2.21. The summed E-state index contributed by atoms with van der Waals surface area (Å²) in [6, 6.07) is 15.8. The molecular weight excluding hydrogens is 328 g/mol. The molecule has 1 aliphatic carbocycles. The molecule has 3 heteroatoms. The van der Waals surface area contributed by atoms with Crippen molar-refractivity contribution in [2.75, 3.05) is 6.61 Å². The van der Waals surface area contributed by atoms with Gasteiger partial charge in [-0.2, -0.15) is 0 Å². The van der Waals surface area contributed by atoms with E-state index in [4.69, 9.17) is 4.74 Å². The average molecular weight is 345 g/mol. The molecule has 0 radical (unpaired) electrons. The van der Waals surface area contributed by atoms with Crippen molar-refractivity contribution in [3.63, 3.8) is 0 Å². The van der Waals surface area contributed by atoms with Gasteiger partial charge < -0.3 is 4.74 Å². The first-order chi connectivity index (χ1) is 10.2. The van der Waals surface area contributed by atoms with Gasteiger partial charge in [-0.15, -0.1) is 0 Å². The molecule has 0 N–H and O–H groups in total. The van der Waals surface area contributed by atoms with Gasteiger partial charge in [0, 0.05) is 10.0 Å². The van der Waals surface area contributed by atoms with Crippen LogP contribution >= 0.6 is 15.9 Å². The zero-order valence-corrected chi connectivity index (χ0v) is 13.3. The third kappa shape index (κ3) is 3.42. The first-order valence-electron chi connectivity index (χ1n) is 7.22. The van der Waals surface area contributed by atoms with E-state index >= 15 is 0 Å². The van der Waals surface area contributed by atoms with E-state index in [1.54, 1.807) is 0 Å². The maximum Gasteiger partial charge on any atom is 0.188 e. The zero-order valence-electron chi connectivity index (χ0n) is 11.7. The molecule has 1 atom stereocenters. The SMILES string of the molecule is O=C(COC1CCCc2ccccc21)c1cccc(Br)c1. The predicted molar refractivity (Wildman–Crippen MR) is 86.5 cm³/mol. The second-order valence-corrected chi connectivity index (χ2v) is 6.24. The molecule has 0 fully saturated rings. The van der Waals surface area contributed by atoms with E-state index in [0.717, 1.165) is 23.7 Å². The van der Waals surface area contributed by atoms with Gasteiger partial charge in [0.05, 0.1) is 6.10 Å². The monoisotopic (exact) mass is 344 g/mol. The second-order valence-electron chi connectivity index (χ2n) is 5.32. The number of Topliss-reactive ketones (excluding diaryl/α,β-unsaturated/α-hetero) is 1. The van der Waals surface area contributed by atoms with Gasteiger partial charge in [-0.1, -0.05) is 52.3 Å². The molecular formula is C18H17BrO2. The van der Waals surface area contributed by atoms with Crippen LogP contribution in [0.4, 0.5) is 0 Å². The highest BCUT2D eigenvalue weighted by Crippen LogP contribution is 2.32. The van der Waals surface area contributed by atoms with Crippen molar-refractivity contribution < 1.29 is 9.53 Å². The molecule has 0 spiro atoms. The van der Waals surface area contributed by atoms with E-state index in [1.165, 1.54) is 11.1 Å². The number of carbonyl (C=O) groups excluding carboxylic acids is 1. The lowest BCUT2D eigenvalue weighted by Crippen LogP contribution is -2.17. The van der Waals surface area contributed by atoms with E-state index < -0.39 is 0 Å². The number of rotatable bonds is 4. The van der Waals surface area contributed by atoms with Crippen LogP contribution in [0, 0.1) is 0 Å². The highest BCUT2D eigenvalue weighted by molar-refractivity contribution is 9.10. The largest absolute Gasteiger partial charge is 0.365 e. The molecule has 0 heterocycles. The number of carbonyl (C=O) groups is 1. The Kier molecular flexibility index (Phi) is 4.51. The lowest BCUT2D eigenvalue weighted by Gasteiger charge is -2.25. The average Bonchev–Trinajstić information content (AvgIpc) is 2.52.